The van der Waals surface area contributed by atoms with Crippen molar-refractivity contribution in [1.29, 1.82) is 0 Å². The van der Waals surface area contributed by atoms with Crippen molar-refractivity contribution >= 4 is 16.1 Å². The first-order valence-electron chi connectivity index (χ1n) is 6.58. The van der Waals surface area contributed by atoms with Gasteiger partial charge in [-0.1, -0.05) is 24.3 Å². The molecule has 9 heteroatoms. The minimum atomic E-state index is -5.94. The molecule has 0 aliphatic heterocycles. The highest BCUT2D eigenvalue weighted by molar-refractivity contribution is 7.87. The molecule has 0 heterocycles. The van der Waals surface area contributed by atoms with Gasteiger partial charge < -0.3 is 5.11 Å². The summed E-state index contributed by atoms with van der Waals surface area (Å²) in [6.07, 6.45) is -0.202. The van der Waals surface area contributed by atoms with Crippen molar-refractivity contribution in [2.45, 2.75) is 11.4 Å². The number of carbonyl (C=O) groups is 1. The number of fused-ring (bicyclic) bond motifs is 3. The first-order chi connectivity index (χ1) is 11.1. The van der Waals surface area contributed by atoms with Crippen LogP contribution in [0.15, 0.2) is 30.3 Å². The number of rotatable bonds is 3. The Labute approximate surface area is 134 Å². The minimum Gasteiger partial charge on any atom is -0.478 e. The van der Waals surface area contributed by atoms with Crippen LogP contribution in [-0.4, -0.2) is 24.0 Å². The molecule has 24 heavy (non-hydrogen) atoms. The molecule has 1 aliphatic rings. The van der Waals surface area contributed by atoms with Crippen molar-refractivity contribution in [2.75, 3.05) is 0 Å². The second kappa shape index (κ2) is 5.05. The maximum atomic E-state index is 14.8. The number of carboxylic acids is 1. The third-order valence-electron chi connectivity index (χ3n) is 3.95. The van der Waals surface area contributed by atoms with E-state index < -0.39 is 38.3 Å². The fourth-order valence-corrected chi connectivity index (χ4v) is 3.59. The van der Waals surface area contributed by atoms with E-state index >= 15 is 0 Å². The third kappa shape index (κ3) is 2.05. The molecular weight excluding hydrogens is 349 g/mol. The predicted molar refractivity (Wildman–Crippen MR) is 76.6 cm³/mol. The monoisotopic (exact) mass is 358 g/mol. The molecule has 0 saturated heterocycles. The summed E-state index contributed by atoms with van der Waals surface area (Å²) >= 11 is 0. The van der Waals surface area contributed by atoms with Gasteiger partial charge in [0.15, 0.2) is 11.6 Å². The summed E-state index contributed by atoms with van der Waals surface area (Å²) in [6, 6.07) is 7.03. The topological polar surface area (TPSA) is 91.7 Å². The lowest BCUT2D eigenvalue weighted by molar-refractivity contribution is -0.146. The number of hydrogen-bond acceptors (Lipinski definition) is 3. The van der Waals surface area contributed by atoms with Gasteiger partial charge >= 0.3 is 21.1 Å². The molecule has 1 atom stereocenters. The molecule has 1 unspecified atom stereocenters. The highest BCUT2D eigenvalue weighted by Gasteiger charge is 2.57. The molecule has 0 aromatic heterocycles. The first kappa shape index (κ1) is 16.5. The quantitative estimate of drug-likeness (QED) is 0.703. The van der Waals surface area contributed by atoms with Crippen LogP contribution in [0.1, 0.15) is 16.7 Å². The van der Waals surface area contributed by atoms with Gasteiger partial charge in [0.2, 0.25) is 0 Å². The molecular formula is C15H9F3O5S. The highest BCUT2D eigenvalue weighted by atomic mass is 32.2. The van der Waals surface area contributed by atoms with Crippen LogP contribution in [0.5, 0.6) is 0 Å². The fourth-order valence-electron chi connectivity index (χ4n) is 2.90. The summed E-state index contributed by atoms with van der Waals surface area (Å²) in [5.41, 5.74) is -0.981. The van der Waals surface area contributed by atoms with Gasteiger partial charge in [0, 0.05) is 0 Å². The number of benzene rings is 2. The lowest BCUT2D eigenvalue weighted by Crippen LogP contribution is -2.41. The maximum absolute atomic E-state index is 14.8. The summed E-state index contributed by atoms with van der Waals surface area (Å²) in [5, 5.41) is 4.46. The van der Waals surface area contributed by atoms with Crippen molar-refractivity contribution < 1.29 is 36.0 Å². The molecule has 0 radical (unpaired) electrons. The Kier molecular flexibility index (Phi) is 3.47. The van der Waals surface area contributed by atoms with Gasteiger partial charge in [0.25, 0.3) is 0 Å². The molecule has 2 N–H and O–H groups in total. The molecule has 0 amide bonds. The zero-order valence-electron chi connectivity index (χ0n) is 11.8. The van der Waals surface area contributed by atoms with Gasteiger partial charge in [-0.15, -0.1) is 0 Å². The summed E-state index contributed by atoms with van der Waals surface area (Å²) in [6.45, 7) is 0. The molecule has 0 bridgehead atoms. The second-order valence-electron chi connectivity index (χ2n) is 5.28. The Morgan fingerprint density at radius 1 is 1.17 bits per heavy atom. The molecule has 2 aromatic carbocycles. The van der Waals surface area contributed by atoms with E-state index in [1.165, 1.54) is 6.07 Å². The van der Waals surface area contributed by atoms with Crippen LogP contribution in [0.3, 0.4) is 0 Å². The Balaban J connectivity index is 2.44. The Bertz CT molecular complexity index is 987. The molecule has 0 saturated carbocycles. The summed E-state index contributed by atoms with van der Waals surface area (Å²) in [5.74, 6) is -6.25. The smallest absolute Gasteiger partial charge is 0.365 e. The lowest BCUT2D eigenvalue weighted by Gasteiger charge is -2.21. The van der Waals surface area contributed by atoms with Crippen LogP contribution in [-0.2, 0) is 26.3 Å². The zero-order valence-corrected chi connectivity index (χ0v) is 12.6. The van der Waals surface area contributed by atoms with Crippen LogP contribution >= 0.6 is 0 Å². The van der Waals surface area contributed by atoms with Crippen LogP contribution in [0.2, 0.25) is 0 Å². The van der Waals surface area contributed by atoms with Gasteiger partial charge in [-0.05, 0) is 34.7 Å². The summed E-state index contributed by atoms with van der Waals surface area (Å²) < 4.78 is 74.7. The lowest BCUT2D eigenvalue weighted by atomic mass is 9.96. The molecule has 3 rings (SSSR count). The number of halogens is 3. The van der Waals surface area contributed by atoms with E-state index in [9.17, 15) is 26.4 Å². The Morgan fingerprint density at radius 3 is 2.38 bits per heavy atom. The average molecular weight is 358 g/mol. The number of carboxylic acid groups (broad SMARTS) is 1. The summed E-state index contributed by atoms with van der Waals surface area (Å²) in [4.78, 5) is 11.2. The van der Waals surface area contributed by atoms with Crippen LogP contribution < -0.4 is 0 Å². The zero-order chi connectivity index (χ0) is 17.9. The number of hydrogen-bond donors (Lipinski definition) is 2. The van der Waals surface area contributed by atoms with E-state index in [1.54, 1.807) is 18.2 Å². The van der Waals surface area contributed by atoms with E-state index in [4.69, 9.17) is 9.66 Å². The minimum absolute atomic E-state index is 0.0218. The third-order valence-corrected chi connectivity index (χ3v) is 5.04. The van der Waals surface area contributed by atoms with Gasteiger partial charge in [0.1, 0.15) is 0 Å². The van der Waals surface area contributed by atoms with E-state index in [-0.39, 0.29) is 17.5 Å². The van der Waals surface area contributed by atoms with Gasteiger partial charge in [0.05, 0.1) is 5.56 Å². The van der Waals surface area contributed by atoms with Crippen molar-refractivity contribution in [3.05, 3.63) is 58.7 Å². The molecule has 2 aromatic rings. The van der Waals surface area contributed by atoms with Gasteiger partial charge in [-0.25, -0.2) is 18.0 Å². The maximum Gasteiger partial charge on any atom is 0.365 e. The average Bonchev–Trinajstić information content (AvgIpc) is 2.84. The largest absolute Gasteiger partial charge is 0.478 e. The van der Waals surface area contributed by atoms with Crippen LogP contribution in [0.4, 0.5) is 13.2 Å². The van der Waals surface area contributed by atoms with E-state index in [0.717, 1.165) is 6.07 Å². The van der Waals surface area contributed by atoms with Gasteiger partial charge in [-0.3, -0.25) is 4.55 Å². The van der Waals surface area contributed by atoms with Crippen LogP contribution in [0.25, 0.3) is 11.1 Å². The van der Waals surface area contributed by atoms with E-state index in [2.05, 4.69) is 0 Å². The summed E-state index contributed by atoms with van der Waals surface area (Å²) in [7, 11) is -5.94. The van der Waals surface area contributed by atoms with Crippen molar-refractivity contribution in [3.63, 3.8) is 0 Å². The molecule has 0 fully saturated rings. The van der Waals surface area contributed by atoms with E-state index in [0.29, 0.717) is 11.1 Å². The molecule has 0 spiro atoms. The van der Waals surface area contributed by atoms with Crippen molar-refractivity contribution in [1.82, 2.24) is 0 Å². The van der Waals surface area contributed by atoms with Gasteiger partial charge in [-0.2, -0.15) is 8.42 Å². The second-order valence-corrected chi connectivity index (χ2v) is 6.80. The standard InChI is InChI=1S/C15H9F3O5S/c16-11-6-9-8-4-2-1-3-7(8)5-10(9)12(13(11)17)15(18,14(19)20)24(21,22)23/h1-4,6H,5H2,(H,19,20)(H,21,22,23). The highest BCUT2D eigenvalue weighted by Crippen LogP contribution is 2.46. The SMILES string of the molecule is O=C(O)C(F)(c1c(F)c(F)cc2c1Cc1ccccc1-2)S(=O)(=O)O. The molecule has 5 nitrogen and oxygen atoms in total. The Hall–Kier alpha value is -2.39. The van der Waals surface area contributed by atoms with Crippen molar-refractivity contribution in [3.8, 4) is 11.1 Å². The van der Waals surface area contributed by atoms with Crippen LogP contribution in [0, 0.1) is 11.6 Å². The fraction of sp³-hybridized carbons (Fsp3) is 0.133. The molecule has 1 aliphatic carbocycles. The van der Waals surface area contributed by atoms with E-state index in [1.807, 2.05) is 0 Å². The first-order valence-corrected chi connectivity index (χ1v) is 8.02. The molecule has 126 valence electrons. The van der Waals surface area contributed by atoms with Crippen molar-refractivity contribution in [2.24, 2.45) is 0 Å². The normalized spacial score (nSPS) is 15.5. The Morgan fingerprint density at radius 2 is 1.79 bits per heavy atom. The number of alkyl halides is 1. The number of aliphatic carboxylic acids is 1. The predicted octanol–water partition coefficient (Wildman–Crippen LogP) is 2.63.